The molecule has 1 aromatic carbocycles. The Balaban J connectivity index is 1.82. The molecule has 0 aromatic heterocycles. The first-order chi connectivity index (χ1) is 8.74. The van der Waals surface area contributed by atoms with Gasteiger partial charge in [0.2, 0.25) is 0 Å². The number of rotatable bonds is 1. The van der Waals surface area contributed by atoms with E-state index in [0.717, 1.165) is 30.6 Å². The van der Waals surface area contributed by atoms with Gasteiger partial charge < -0.3 is 9.84 Å². The molecule has 0 spiro atoms. The minimum absolute atomic E-state index is 0.124. The Kier molecular flexibility index (Phi) is 3.31. The third-order valence-electron chi connectivity index (χ3n) is 3.90. The Morgan fingerprint density at radius 1 is 1.28 bits per heavy atom. The van der Waals surface area contributed by atoms with Crippen LogP contribution in [0.4, 0.5) is 0 Å². The molecule has 1 aliphatic carbocycles. The molecular weight excluding hydrogens is 248 g/mol. The van der Waals surface area contributed by atoms with Gasteiger partial charge >= 0.3 is 0 Å². The van der Waals surface area contributed by atoms with Gasteiger partial charge in [-0.25, -0.2) is 0 Å². The van der Waals surface area contributed by atoms with Gasteiger partial charge in [0.1, 0.15) is 11.9 Å². The number of aliphatic hydroxyl groups is 1. The molecule has 0 fully saturated rings. The topological polar surface area (TPSA) is 29.5 Å². The lowest BCUT2D eigenvalue weighted by molar-refractivity contribution is 0.0315. The summed E-state index contributed by atoms with van der Waals surface area (Å²) in [5.41, 5.74) is 0.824. The predicted octanol–water partition coefficient (Wildman–Crippen LogP) is 3.88. The van der Waals surface area contributed by atoms with Crippen LogP contribution in [0.3, 0.4) is 0 Å². The fraction of sp³-hybridized carbons (Fsp3) is 0.467. The van der Waals surface area contributed by atoms with Gasteiger partial charge in [-0.15, -0.1) is 0 Å². The third kappa shape index (κ3) is 2.27. The van der Waals surface area contributed by atoms with Crippen molar-refractivity contribution in [2.75, 3.05) is 0 Å². The van der Waals surface area contributed by atoms with Crippen LogP contribution in [-0.2, 0) is 0 Å². The number of hydrogen-bond donors (Lipinski definition) is 1. The van der Waals surface area contributed by atoms with E-state index in [4.69, 9.17) is 16.3 Å². The molecule has 18 heavy (non-hydrogen) atoms. The average Bonchev–Trinajstić information content (AvgIpc) is 2.40. The minimum atomic E-state index is -0.455. The minimum Gasteiger partial charge on any atom is -0.490 e. The van der Waals surface area contributed by atoms with Gasteiger partial charge in [0, 0.05) is 17.0 Å². The molecule has 1 N–H and O–H groups in total. The van der Waals surface area contributed by atoms with Crippen molar-refractivity contribution in [1.29, 1.82) is 0 Å². The van der Waals surface area contributed by atoms with Crippen molar-refractivity contribution < 1.29 is 9.84 Å². The van der Waals surface area contributed by atoms with E-state index >= 15 is 0 Å². The Labute approximate surface area is 112 Å². The Morgan fingerprint density at radius 3 is 2.94 bits per heavy atom. The fourth-order valence-corrected chi connectivity index (χ4v) is 3.07. The van der Waals surface area contributed by atoms with Gasteiger partial charge in [0.05, 0.1) is 6.10 Å². The van der Waals surface area contributed by atoms with Crippen LogP contribution in [0, 0.1) is 5.92 Å². The van der Waals surface area contributed by atoms with Gasteiger partial charge in [-0.2, -0.15) is 0 Å². The molecule has 2 aliphatic rings. The summed E-state index contributed by atoms with van der Waals surface area (Å²) in [6.45, 7) is 0. The standard InChI is InChI=1S/C15H17ClO2/c16-11-6-7-14-12(8-11)13(17)9-15(18-14)10-4-2-1-3-5-10/h1-2,6-8,10,13,15,17H,3-5,9H2/t10?,13-,15?/m1/s1. The molecule has 2 unspecified atom stereocenters. The largest absolute Gasteiger partial charge is 0.490 e. The van der Waals surface area contributed by atoms with Crippen molar-refractivity contribution in [3.8, 4) is 5.75 Å². The van der Waals surface area contributed by atoms with E-state index in [-0.39, 0.29) is 6.10 Å². The van der Waals surface area contributed by atoms with Crippen LogP contribution in [0.25, 0.3) is 0 Å². The van der Waals surface area contributed by atoms with Crippen LogP contribution in [0.5, 0.6) is 5.75 Å². The Bertz CT molecular complexity index is 470. The maximum Gasteiger partial charge on any atom is 0.125 e. The number of benzene rings is 1. The lowest BCUT2D eigenvalue weighted by Crippen LogP contribution is -2.33. The number of halogens is 1. The second-order valence-corrected chi connectivity index (χ2v) is 5.57. The molecule has 0 saturated carbocycles. The van der Waals surface area contributed by atoms with Crippen LogP contribution in [0.2, 0.25) is 5.02 Å². The first-order valence-corrected chi connectivity index (χ1v) is 6.91. The summed E-state index contributed by atoms with van der Waals surface area (Å²) in [7, 11) is 0. The summed E-state index contributed by atoms with van der Waals surface area (Å²) in [6.07, 6.45) is 8.11. The first kappa shape index (κ1) is 12.1. The molecule has 3 rings (SSSR count). The average molecular weight is 265 g/mol. The number of ether oxygens (including phenoxy) is 1. The zero-order valence-corrected chi connectivity index (χ0v) is 10.9. The second kappa shape index (κ2) is 4.94. The second-order valence-electron chi connectivity index (χ2n) is 5.13. The summed E-state index contributed by atoms with van der Waals surface area (Å²) in [5.74, 6) is 1.31. The molecule has 1 heterocycles. The van der Waals surface area contributed by atoms with Crippen molar-refractivity contribution >= 4 is 11.6 Å². The highest BCUT2D eigenvalue weighted by molar-refractivity contribution is 6.30. The number of aliphatic hydroxyl groups excluding tert-OH is 1. The summed E-state index contributed by atoms with van der Waals surface area (Å²) >= 11 is 5.95. The van der Waals surface area contributed by atoms with E-state index in [2.05, 4.69) is 12.2 Å². The predicted molar refractivity (Wildman–Crippen MR) is 71.9 cm³/mol. The lowest BCUT2D eigenvalue weighted by Gasteiger charge is -2.35. The van der Waals surface area contributed by atoms with Gasteiger partial charge in [-0.05, 0) is 43.4 Å². The van der Waals surface area contributed by atoms with E-state index in [1.165, 1.54) is 0 Å². The summed E-state index contributed by atoms with van der Waals surface area (Å²) in [4.78, 5) is 0. The van der Waals surface area contributed by atoms with Crippen LogP contribution in [0.15, 0.2) is 30.4 Å². The molecular formula is C15H17ClO2. The maximum atomic E-state index is 10.2. The molecule has 1 aromatic rings. The van der Waals surface area contributed by atoms with Crippen LogP contribution in [0.1, 0.15) is 37.4 Å². The molecule has 0 radical (unpaired) electrons. The summed E-state index contributed by atoms with van der Waals surface area (Å²) in [5, 5.41) is 10.9. The number of allylic oxidation sites excluding steroid dienone is 2. The van der Waals surface area contributed by atoms with Crippen molar-refractivity contribution in [2.24, 2.45) is 5.92 Å². The highest BCUT2D eigenvalue weighted by Gasteiger charge is 2.32. The van der Waals surface area contributed by atoms with E-state index < -0.39 is 6.10 Å². The van der Waals surface area contributed by atoms with Crippen LogP contribution < -0.4 is 4.74 Å². The SMILES string of the molecule is O[C@@H]1CC(C2CC=CCC2)Oc2ccc(Cl)cc21. The smallest absolute Gasteiger partial charge is 0.125 e. The third-order valence-corrected chi connectivity index (χ3v) is 4.14. The van der Waals surface area contributed by atoms with Gasteiger partial charge in [0.25, 0.3) is 0 Å². The monoisotopic (exact) mass is 264 g/mol. The Morgan fingerprint density at radius 2 is 2.17 bits per heavy atom. The maximum absolute atomic E-state index is 10.2. The lowest BCUT2D eigenvalue weighted by atomic mass is 9.84. The quantitative estimate of drug-likeness (QED) is 0.780. The van der Waals surface area contributed by atoms with Crippen molar-refractivity contribution in [2.45, 2.75) is 37.9 Å². The molecule has 1 aliphatic heterocycles. The van der Waals surface area contributed by atoms with Gasteiger partial charge in [-0.3, -0.25) is 0 Å². The summed E-state index contributed by atoms with van der Waals surface area (Å²) < 4.78 is 6.04. The van der Waals surface area contributed by atoms with E-state index in [0.29, 0.717) is 17.4 Å². The normalized spacial score (nSPS) is 30.7. The van der Waals surface area contributed by atoms with E-state index in [1.807, 2.05) is 12.1 Å². The molecule has 0 saturated heterocycles. The fourth-order valence-electron chi connectivity index (χ4n) is 2.89. The summed E-state index contributed by atoms with van der Waals surface area (Å²) in [6, 6.07) is 5.49. The highest BCUT2D eigenvalue weighted by atomic mass is 35.5. The number of hydrogen-bond acceptors (Lipinski definition) is 2. The first-order valence-electron chi connectivity index (χ1n) is 6.53. The zero-order valence-electron chi connectivity index (χ0n) is 10.2. The van der Waals surface area contributed by atoms with Crippen LogP contribution >= 0.6 is 11.6 Å². The van der Waals surface area contributed by atoms with Crippen LogP contribution in [-0.4, -0.2) is 11.2 Å². The highest BCUT2D eigenvalue weighted by Crippen LogP contribution is 2.40. The molecule has 3 heteroatoms. The molecule has 2 nitrogen and oxygen atoms in total. The molecule has 96 valence electrons. The van der Waals surface area contributed by atoms with Crippen molar-refractivity contribution in [3.63, 3.8) is 0 Å². The molecule has 0 bridgehead atoms. The van der Waals surface area contributed by atoms with Crippen molar-refractivity contribution in [3.05, 3.63) is 40.9 Å². The van der Waals surface area contributed by atoms with Crippen molar-refractivity contribution in [1.82, 2.24) is 0 Å². The number of fused-ring (bicyclic) bond motifs is 1. The molecule has 0 amide bonds. The zero-order chi connectivity index (χ0) is 12.5. The van der Waals surface area contributed by atoms with Gasteiger partial charge in [-0.1, -0.05) is 23.8 Å². The van der Waals surface area contributed by atoms with E-state index in [9.17, 15) is 5.11 Å². The molecule has 3 atom stereocenters. The van der Waals surface area contributed by atoms with Gasteiger partial charge in [0.15, 0.2) is 0 Å². The van der Waals surface area contributed by atoms with E-state index in [1.54, 1.807) is 6.07 Å². The Hall–Kier alpha value is -0.990.